The van der Waals surface area contributed by atoms with Gasteiger partial charge in [0.25, 0.3) is 0 Å². The van der Waals surface area contributed by atoms with Gasteiger partial charge in [-0.15, -0.1) is 0 Å². The molecular weight excluding hydrogens is 243 g/mol. The molecule has 0 bridgehead atoms. The molecule has 0 spiro atoms. The van der Waals surface area contributed by atoms with Crippen LogP contribution in [0.15, 0.2) is 18.2 Å². The fourth-order valence-corrected chi connectivity index (χ4v) is 1.98. The number of hydrogen-bond acceptors (Lipinski definition) is 2. The summed E-state index contributed by atoms with van der Waals surface area (Å²) in [4.78, 5) is 1.58. The number of nitrogens with zero attached hydrogens (tertiary/aromatic N) is 2. The monoisotopic (exact) mass is 253 g/mol. The summed E-state index contributed by atoms with van der Waals surface area (Å²) in [5.41, 5.74) is -0.502. The van der Waals surface area contributed by atoms with Crippen molar-refractivity contribution < 1.29 is 13.2 Å². The smallest absolute Gasteiger partial charge is 0.329 e. The van der Waals surface area contributed by atoms with E-state index in [0.717, 1.165) is 18.6 Å². The van der Waals surface area contributed by atoms with E-state index >= 15 is 0 Å². The van der Waals surface area contributed by atoms with Crippen LogP contribution in [-0.4, -0.2) is 12.4 Å². The molecule has 1 aliphatic rings. The van der Waals surface area contributed by atoms with Crippen molar-refractivity contribution in [1.29, 1.82) is 10.7 Å². The highest BCUT2D eigenvalue weighted by Crippen LogP contribution is 2.33. The van der Waals surface area contributed by atoms with E-state index < -0.39 is 11.7 Å². The number of alkyl halides is 3. The van der Waals surface area contributed by atoms with Crippen LogP contribution in [0.25, 0.3) is 0 Å². The molecule has 1 aliphatic heterocycles. The zero-order valence-corrected chi connectivity index (χ0v) is 9.38. The standard InChI is InChI=1S/C12H10F3N3/c13-12(14,15)9-3-4-10(8(6-9)7-16)18-5-1-2-11(18)17/h3-4,6,17H,1-2,5H2. The number of amidine groups is 1. The molecule has 0 aromatic heterocycles. The van der Waals surface area contributed by atoms with E-state index in [4.69, 9.17) is 10.7 Å². The van der Waals surface area contributed by atoms with Crippen molar-refractivity contribution in [3.8, 4) is 6.07 Å². The lowest BCUT2D eigenvalue weighted by atomic mass is 10.1. The zero-order valence-electron chi connectivity index (χ0n) is 9.38. The Bertz CT molecular complexity index is 528. The SMILES string of the molecule is N#Cc1cc(C(F)(F)F)ccc1N1CCCC1=N. The second kappa shape index (κ2) is 4.33. The third kappa shape index (κ3) is 2.16. The van der Waals surface area contributed by atoms with Gasteiger partial charge in [0.15, 0.2) is 0 Å². The Morgan fingerprint density at radius 3 is 2.56 bits per heavy atom. The second-order valence-electron chi connectivity index (χ2n) is 4.04. The number of benzene rings is 1. The fraction of sp³-hybridized carbons (Fsp3) is 0.333. The summed E-state index contributed by atoms with van der Waals surface area (Å²) < 4.78 is 37.6. The van der Waals surface area contributed by atoms with E-state index in [1.807, 2.05) is 0 Å². The van der Waals surface area contributed by atoms with Gasteiger partial charge in [-0.25, -0.2) is 0 Å². The lowest BCUT2D eigenvalue weighted by molar-refractivity contribution is -0.137. The first kappa shape index (κ1) is 12.4. The average molecular weight is 253 g/mol. The van der Waals surface area contributed by atoms with Crippen LogP contribution in [0.3, 0.4) is 0 Å². The van der Waals surface area contributed by atoms with Gasteiger partial charge in [-0.3, -0.25) is 5.41 Å². The predicted molar refractivity (Wildman–Crippen MR) is 60.5 cm³/mol. The van der Waals surface area contributed by atoms with E-state index in [0.29, 0.717) is 24.5 Å². The average Bonchev–Trinajstić information content (AvgIpc) is 2.73. The maximum atomic E-state index is 12.5. The minimum absolute atomic E-state index is 0.0449. The van der Waals surface area contributed by atoms with Crippen LogP contribution in [-0.2, 0) is 6.18 Å². The number of rotatable bonds is 1. The molecule has 0 aliphatic carbocycles. The topological polar surface area (TPSA) is 50.9 Å². The summed E-state index contributed by atoms with van der Waals surface area (Å²) in [6.45, 7) is 0.568. The molecular formula is C12H10F3N3. The zero-order chi connectivity index (χ0) is 13.3. The van der Waals surface area contributed by atoms with E-state index in [-0.39, 0.29) is 5.56 Å². The molecule has 0 unspecified atom stereocenters. The van der Waals surface area contributed by atoms with Crippen molar-refractivity contribution in [2.75, 3.05) is 11.4 Å². The molecule has 1 heterocycles. The first-order valence-corrected chi connectivity index (χ1v) is 5.40. The lowest BCUT2D eigenvalue weighted by Crippen LogP contribution is -2.24. The lowest BCUT2D eigenvalue weighted by Gasteiger charge is -2.20. The van der Waals surface area contributed by atoms with Crippen LogP contribution in [0.2, 0.25) is 0 Å². The van der Waals surface area contributed by atoms with Gasteiger partial charge in [-0.2, -0.15) is 18.4 Å². The van der Waals surface area contributed by atoms with Gasteiger partial charge in [-0.1, -0.05) is 0 Å². The van der Waals surface area contributed by atoms with Gasteiger partial charge in [-0.05, 0) is 24.6 Å². The highest BCUT2D eigenvalue weighted by atomic mass is 19.4. The molecule has 0 atom stereocenters. The van der Waals surface area contributed by atoms with E-state index in [1.54, 1.807) is 11.0 Å². The Morgan fingerprint density at radius 1 is 1.33 bits per heavy atom. The maximum absolute atomic E-state index is 12.5. The summed E-state index contributed by atoms with van der Waals surface area (Å²) in [5, 5.41) is 16.6. The molecule has 1 N–H and O–H groups in total. The Kier molecular flexibility index (Phi) is 2.99. The van der Waals surface area contributed by atoms with Gasteiger partial charge in [0, 0.05) is 13.0 Å². The number of nitrogens with one attached hydrogen (secondary N) is 1. The summed E-state index contributed by atoms with van der Waals surface area (Å²) in [6.07, 6.45) is -3.08. The largest absolute Gasteiger partial charge is 0.416 e. The van der Waals surface area contributed by atoms with Crippen molar-refractivity contribution in [1.82, 2.24) is 0 Å². The quantitative estimate of drug-likeness (QED) is 0.835. The number of nitriles is 1. The van der Waals surface area contributed by atoms with Gasteiger partial charge in [0.05, 0.1) is 16.8 Å². The van der Waals surface area contributed by atoms with Gasteiger partial charge < -0.3 is 4.90 Å². The van der Waals surface area contributed by atoms with Gasteiger partial charge >= 0.3 is 6.18 Å². The number of halogens is 3. The van der Waals surface area contributed by atoms with Gasteiger partial charge in [0.2, 0.25) is 0 Å². The van der Waals surface area contributed by atoms with Crippen molar-refractivity contribution >= 4 is 11.5 Å². The molecule has 3 nitrogen and oxygen atoms in total. The van der Waals surface area contributed by atoms with Crippen LogP contribution in [0.5, 0.6) is 0 Å². The summed E-state index contributed by atoms with van der Waals surface area (Å²) in [6, 6.07) is 4.81. The summed E-state index contributed by atoms with van der Waals surface area (Å²) >= 11 is 0. The third-order valence-electron chi connectivity index (χ3n) is 2.86. The number of hydrogen-bond donors (Lipinski definition) is 1. The highest BCUT2D eigenvalue weighted by Gasteiger charge is 2.32. The van der Waals surface area contributed by atoms with E-state index in [1.165, 1.54) is 6.07 Å². The summed E-state index contributed by atoms with van der Waals surface area (Å²) in [5.74, 6) is 0.339. The van der Waals surface area contributed by atoms with Gasteiger partial charge in [0.1, 0.15) is 11.9 Å². The molecule has 6 heteroatoms. The molecule has 1 aromatic rings. The Morgan fingerprint density at radius 2 is 2.06 bits per heavy atom. The molecule has 1 aromatic carbocycles. The molecule has 0 amide bonds. The van der Waals surface area contributed by atoms with Crippen LogP contribution in [0.1, 0.15) is 24.0 Å². The first-order chi connectivity index (χ1) is 8.43. The van der Waals surface area contributed by atoms with Crippen LogP contribution < -0.4 is 4.90 Å². The van der Waals surface area contributed by atoms with E-state index in [9.17, 15) is 13.2 Å². The molecule has 2 rings (SSSR count). The predicted octanol–water partition coefficient (Wildman–Crippen LogP) is 3.15. The first-order valence-electron chi connectivity index (χ1n) is 5.40. The molecule has 0 saturated carbocycles. The van der Waals surface area contributed by atoms with Crippen LogP contribution >= 0.6 is 0 Å². The Hall–Kier alpha value is -2.03. The van der Waals surface area contributed by atoms with E-state index in [2.05, 4.69) is 0 Å². The second-order valence-corrected chi connectivity index (χ2v) is 4.04. The van der Waals surface area contributed by atoms with Crippen molar-refractivity contribution in [3.05, 3.63) is 29.3 Å². The Balaban J connectivity index is 2.45. The molecule has 1 fully saturated rings. The normalized spacial score (nSPS) is 15.9. The highest BCUT2D eigenvalue weighted by molar-refractivity contribution is 5.98. The summed E-state index contributed by atoms with van der Waals surface area (Å²) in [7, 11) is 0. The van der Waals surface area contributed by atoms with Crippen molar-refractivity contribution in [2.24, 2.45) is 0 Å². The third-order valence-corrected chi connectivity index (χ3v) is 2.86. The molecule has 94 valence electrons. The minimum atomic E-state index is -4.46. The Labute approximate surface area is 102 Å². The van der Waals surface area contributed by atoms with Crippen LogP contribution in [0.4, 0.5) is 18.9 Å². The molecule has 18 heavy (non-hydrogen) atoms. The molecule has 1 saturated heterocycles. The number of anilines is 1. The maximum Gasteiger partial charge on any atom is 0.416 e. The minimum Gasteiger partial charge on any atom is -0.329 e. The molecule has 0 radical (unpaired) electrons. The van der Waals surface area contributed by atoms with Crippen molar-refractivity contribution in [3.63, 3.8) is 0 Å². The van der Waals surface area contributed by atoms with Crippen LogP contribution in [0, 0.1) is 16.7 Å². The van der Waals surface area contributed by atoms with Crippen molar-refractivity contribution in [2.45, 2.75) is 19.0 Å². The fourth-order valence-electron chi connectivity index (χ4n) is 1.98.